The molecule has 0 aliphatic carbocycles. The van der Waals surface area contributed by atoms with Crippen LogP contribution in [0.2, 0.25) is 0 Å². The maximum Gasteiger partial charge on any atom is 0.227 e. The van der Waals surface area contributed by atoms with Crippen LogP contribution < -0.4 is 10.6 Å². The van der Waals surface area contributed by atoms with Gasteiger partial charge in [-0.2, -0.15) is 0 Å². The van der Waals surface area contributed by atoms with Crippen LogP contribution in [0.5, 0.6) is 0 Å². The Morgan fingerprint density at radius 1 is 1.23 bits per heavy atom. The highest BCUT2D eigenvalue weighted by atomic mass is 32.1. The zero-order chi connectivity index (χ0) is 18.5. The third kappa shape index (κ3) is 4.46. The topological polar surface area (TPSA) is 67.2 Å². The molecule has 5 nitrogen and oxygen atoms in total. The summed E-state index contributed by atoms with van der Waals surface area (Å²) in [5.74, 6) is 0.474. The lowest BCUT2D eigenvalue weighted by Gasteiger charge is -2.10. The molecule has 0 spiro atoms. The number of carbonyl (C=O) groups is 1. The number of anilines is 1. The minimum atomic E-state index is -0.0742. The number of rotatable bonds is 5. The summed E-state index contributed by atoms with van der Waals surface area (Å²) in [7, 11) is 0. The number of amides is 1. The molecule has 2 N–H and O–H groups in total. The number of aromatic nitrogens is 1. The Bertz CT molecular complexity index is 949. The van der Waals surface area contributed by atoms with Crippen LogP contribution in [0, 0.1) is 6.92 Å². The number of hydrogen-bond acceptors (Lipinski definition) is 4. The number of nitrogens with zero attached hydrogens (tertiary/aromatic N) is 1. The SMILES string of the molecule is CCCCC(=O)NC(=S)Nc1cccc(-c2nc3cc(C)ccc3o2)c1. The highest BCUT2D eigenvalue weighted by Gasteiger charge is 2.10. The predicted molar refractivity (Wildman–Crippen MR) is 108 cm³/mol. The van der Waals surface area contributed by atoms with E-state index in [0.29, 0.717) is 12.3 Å². The Balaban J connectivity index is 1.73. The van der Waals surface area contributed by atoms with Gasteiger partial charge < -0.3 is 15.1 Å². The number of unbranched alkanes of at least 4 members (excludes halogenated alkanes) is 1. The van der Waals surface area contributed by atoms with Crippen molar-refractivity contribution in [3.63, 3.8) is 0 Å². The Morgan fingerprint density at radius 2 is 2.08 bits per heavy atom. The molecule has 6 heteroatoms. The van der Waals surface area contributed by atoms with Crippen LogP contribution in [0.4, 0.5) is 5.69 Å². The average Bonchev–Trinajstić information content (AvgIpc) is 3.03. The van der Waals surface area contributed by atoms with Crippen molar-refractivity contribution in [2.75, 3.05) is 5.32 Å². The molecule has 0 bridgehead atoms. The van der Waals surface area contributed by atoms with E-state index in [1.165, 1.54) is 0 Å². The minimum absolute atomic E-state index is 0.0742. The van der Waals surface area contributed by atoms with Crippen LogP contribution in [-0.4, -0.2) is 16.0 Å². The zero-order valence-electron chi connectivity index (χ0n) is 14.8. The zero-order valence-corrected chi connectivity index (χ0v) is 15.7. The van der Waals surface area contributed by atoms with Crippen LogP contribution in [0.1, 0.15) is 31.7 Å². The number of fused-ring (bicyclic) bond motifs is 1. The number of nitrogens with one attached hydrogen (secondary N) is 2. The van der Waals surface area contributed by atoms with Crippen molar-refractivity contribution in [2.24, 2.45) is 0 Å². The number of carbonyl (C=O) groups excluding carboxylic acids is 1. The lowest BCUT2D eigenvalue weighted by atomic mass is 10.2. The van der Waals surface area contributed by atoms with E-state index in [0.717, 1.165) is 40.8 Å². The molecule has 3 rings (SSSR count). The highest BCUT2D eigenvalue weighted by Crippen LogP contribution is 2.26. The molecule has 0 saturated heterocycles. The van der Waals surface area contributed by atoms with Crippen LogP contribution in [0.15, 0.2) is 46.9 Å². The second-order valence-corrected chi connectivity index (χ2v) is 6.59. The van der Waals surface area contributed by atoms with E-state index < -0.39 is 0 Å². The van der Waals surface area contributed by atoms with Gasteiger partial charge in [-0.1, -0.05) is 25.5 Å². The predicted octanol–water partition coefficient (Wildman–Crippen LogP) is 4.81. The highest BCUT2D eigenvalue weighted by molar-refractivity contribution is 7.80. The Hall–Kier alpha value is -2.73. The van der Waals surface area contributed by atoms with Gasteiger partial charge in [-0.25, -0.2) is 4.98 Å². The molecular weight excluding hydrogens is 346 g/mol. The smallest absolute Gasteiger partial charge is 0.227 e. The molecule has 0 atom stereocenters. The molecule has 3 aromatic rings. The fourth-order valence-electron chi connectivity index (χ4n) is 2.58. The molecule has 0 radical (unpaired) electrons. The number of benzene rings is 2. The maximum absolute atomic E-state index is 11.8. The molecule has 1 aromatic heterocycles. The van der Waals surface area contributed by atoms with Crippen molar-refractivity contribution >= 4 is 40.0 Å². The van der Waals surface area contributed by atoms with E-state index in [9.17, 15) is 4.79 Å². The number of oxazole rings is 1. The minimum Gasteiger partial charge on any atom is -0.436 e. The lowest BCUT2D eigenvalue weighted by Crippen LogP contribution is -2.33. The monoisotopic (exact) mass is 367 g/mol. The van der Waals surface area contributed by atoms with E-state index in [-0.39, 0.29) is 11.0 Å². The summed E-state index contributed by atoms with van der Waals surface area (Å²) in [5.41, 5.74) is 4.32. The first kappa shape index (κ1) is 18.1. The van der Waals surface area contributed by atoms with Crippen molar-refractivity contribution in [3.05, 3.63) is 48.0 Å². The van der Waals surface area contributed by atoms with E-state index in [1.807, 2.05) is 56.3 Å². The molecule has 26 heavy (non-hydrogen) atoms. The fourth-order valence-corrected chi connectivity index (χ4v) is 2.81. The first-order chi connectivity index (χ1) is 12.5. The summed E-state index contributed by atoms with van der Waals surface area (Å²) in [6.07, 6.45) is 2.29. The van der Waals surface area contributed by atoms with Crippen molar-refractivity contribution in [1.29, 1.82) is 0 Å². The molecule has 134 valence electrons. The molecule has 1 heterocycles. The standard InChI is InChI=1S/C20H21N3O2S/c1-3-4-8-18(24)23-20(26)21-15-7-5-6-14(12-15)19-22-16-11-13(2)9-10-17(16)25-19/h5-7,9-12H,3-4,8H2,1-2H3,(H2,21,23,24,26). The molecule has 0 aliphatic heterocycles. The largest absolute Gasteiger partial charge is 0.436 e. The maximum atomic E-state index is 11.8. The number of thiocarbonyl (C=S) groups is 1. The van der Waals surface area contributed by atoms with Crippen LogP contribution in [0.25, 0.3) is 22.6 Å². The summed E-state index contributed by atoms with van der Waals surface area (Å²) < 4.78 is 5.84. The molecule has 0 unspecified atom stereocenters. The van der Waals surface area contributed by atoms with Crippen molar-refractivity contribution in [3.8, 4) is 11.5 Å². The molecular formula is C20H21N3O2S. The Kier molecular flexibility index (Phi) is 5.63. The molecule has 0 fully saturated rings. The van der Waals surface area contributed by atoms with Gasteiger partial charge in [-0.15, -0.1) is 0 Å². The van der Waals surface area contributed by atoms with Gasteiger partial charge in [0.25, 0.3) is 0 Å². The van der Waals surface area contributed by atoms with Gasteiger partial charge in [0.2, 0.25) is 11.8 Å². The lowest BCUT2D eigenvalue weighted by molar-refractivity contribution is -0.119. The van der Waals surface area contributed by atoms with Gasteiger partial charge in [0.1, 0.15) is 5.52 Å². The van der Waals surface area contributed by atoms with Gasteiger partial charge in [0, 0.05) is 17.7 Å². The van der Waals surface area contributed by atoms with Crippen LogP contribution in [-0.2, 0) is 4.79 Å². The summed E-state index contributed by atoms with van der Waals surface area (Å²) in [4.78, 5) is 16.3. The summed E-state index contributed by atoms with van der Waals surface area (Å²) in [6.45, 7) is 4.07. The quantitative estimate of drug-likeness (QED) is 0.634. The van der Waals surface area contributed by atoms with Crippen molar-refractivity contribution < 1.29 is 9.21 Å². The number of aryl methyl sites for hydroxylation is 1. The van der Waals surface area contributed by atoms with Crippen LogP contribution >= 0.6 is 12.2 Å². The third-order valence-corrected chi connectivity index (χ3v) is 4.12. The van der Waals surface area contributed by atoms with E-state index in [1.54, 1.807) is 0 Å². The van der Waals surface area contributed by atoms with Gasteiger partial charge in [0.15, 0.2) is 10.7 Å². The number of hydrogen-bond donors (Lipinski definition) is 2. The summed E-state index contributed by atoms with van der Waals surface area (Å²) in [5, 5.41) is 6.01. The van der Waals surface area contributed by atoms with Gasteiger partial charge in [-0.3, -0.25) is 4.79 Å². The van der Waals surface area contributed by atoms with Crippen molar-refractivity contribution in [2.45, 2.75) is 33.1 Å². The normalized spacial score (nSPS) is 10.7. The second-order valence-electron chi connectivity index (χ2n) is 6.18. The third-order valence-electron chi connectivity index (χ3n) is 3.92. The van der Waals surface area contributed by atoms with Gasteiger partial charge in [0.05, 0.1) is 0 Å². The summed E-state index contributed by atoms with van der Waals surface area (Å²) >= 11 is 5.21. The van der Waals surface area contributed by atoms with E-state index >= 15 is 0 Å². The molecule has 0 saturated carbocycles. The molecule has 1 amide bonds. The summed E-state index contributed by atoms with van der Waals surface area (Å²) in [6, 6.07) is 13.5. The molecule has 2 aromatic carbocycles. The first-order valence-corrected chi connectivity index (χ1v) is 9.04. The van der Waals surface area contributed by atoms with Crippen LogP contribution in [0.3, 0.4) is 0 Å². The first-order valence-electron chi connectivity index (χ1n) is 8.63. The van der Waals surface area contributed by atoms with Gasteiger partial charge in [-0.05, 0) is 61.5 Å². The van der Waals surface area contributed by atoms with Crippen molar-refractivity contribution in [1.82, 2.24) is 10.3 Å². The van der Waals surface area contributed by atoms with E-state index in [2.05, 4.69) is 15.6 Å². The Labute approximate surface area is 157 Å². The fraction of sp³-hybridized carbons (Fsp3) is 0.250. The molecule has 0 aliphatic rings. The van der Waals surface area contributed by atoms with E-state index in [4.69, 9.17) is 16.6 Å². The average molecular weight is 367 g/mol. The van der Waals surface area contributed by atoms with Gasteiger partial charge >= 0.3 is 0 Å². The second kappa shape index (κ2) is 8.10. The Morgan fingerprint density at radius 3 is 2.88 bits per heavy atom.